The van der Waals surface area contributed by atoms with E-state index in [1.165, 1.54) is 12.8 Å². The predicted molar refractivity (Wildman–Crippen MR) is 76.6 cm³/mol. The molecule has 1 aliphatic rings. The lowest BCUT2D eigenvalue weighted by Gasteiger charge is -2.30. The Hall–Kier alpha value is -0.840. The Balaban J connectivity index is 2.20. The molecule has 5 heteroatoms. The first kappa shape index (κ1) is 14.6. The minimum Gasteiger partial charge on any atom is -0.390 e. The monoisotopic (exact) mass is 284 g/mol. The van der Waals surface area contributed by atoms with Gasteiger partial charge in [0.1, 0.15) is 5.82 Å². The lowest BCUT2D eigenvalue weighted by molar-refractivity contribution is 0.202. The second-order valence-corrected chi connectivity index (χ2v) is 5.43. The van der Waals surface area contributed by atoms with E-state index in [-0.39, 0.29) is 6.61 Å². The quantitative estimate of drug-likeness (QED) is 0.835. The zero-order valence-electron chi connectivity index (χ0n) is 11.5. The summed E-state index contributed by atoms with van der Waals surface area (Å²) >= 11 is 5.99. The van der Waals surface area contributed by atoms with Gasteiger partial charge in [0.2, 0.25) is 0 Å². The standard InChI is InChI=1S/C14H21ClN2O2/c1-10(11-3-4-11)17(7-8-19-2)14-6-5-12(15)13(9-18)16-14/h5-6,10-11,18H,3-4,7-9H2,1-2H3. The van der Waals surface area contributed by atoms with Gasteiger partial charge in [0, 0.05) is 19.7 Å². The van der Waals surface area contributed by atoms with E-state index in [4.69, 9.17) is 16.3 Å². The Kier molecular flexibility index (Phi) is 5.02. The Labute approximate surface area is 119 Å². The molecule has 1 heterocycles. The Morgan fingerprint density at radius 2 is 2.26 bits per heavy atom. The van der Waals surface area contributed by atoms with Crippen molar-refractivity contribution in [3.05, 3.63) is 22.8 Å². The molecule has 0 bridgehead atoms. The summed E-state index contributed by atoms with van der Waals surface area (Å²) in [4.78, 5) is 6.71. The molecule has 0 aliphatic heterocycles. The van der Waals surface area contributed by atoms with Crippen molar-refractivity contribution >= 4 is 17.4 Å². The van der Waals surface area contributed by atoms with Crippen LogP contribution >= 0.6 is 11.6 Å². The molecule has 1 aliphatic carbocycles. The zero-order valence-corrected chi connectivity index (χ0v) is 12.2. The molecule has 1 aromatic rings. The summed E-state index contributed by atoms with van der Waals surface area (Å²) in [6.45, 7) is 3.55. The number of hydrogen-bond donors (Lipinski definition) is 1. The first-order chi connectivity index (χ1) is 9.17. The van der Waals surface area contributed by atoms with Crippen LogP contribution in [0.2, 0.25) is 5.02 Å². The van der Waals surface area contributed by atoms with Crippen molar-refractivity contribution in [2.75, 3.05) is 25.2 Å². The third-order valence-electron chi connectivity index (χ3n) is 3.68. The molecule has 1 aromatic heterocycles. The second kappa shape index (κ2) is 6.55. The lowest BCUT2D eigenvalue weighted by Crippen LogP contribution is -2.38. The highest BCUT2D eigenvalue weighted by Gasteiger charge is 2.32. The summed E-state index contributed by atoms with van der Waals surface area (Å²) in [5.41, 5.74) is 0.532. The molecule has 1 N–H and O–H groups in total. The van der Waals surface area contributed by atoms with E-state index in [0.717, 1.165) is 18.3 Å². The number of methoxy groups -OCH3 is 1. The first-order valence-corrected chi connectivity index (χ1v) is 7.07. The van der Waals surface area contributed by atoms with Gasteiger partial charge in [-0.15, -0.1) is 0 Å². The van der Waals surface area contributed by atoms with Crippen LogP contribution in [0.1, 0.15) is 25.5 Å². The number of ether oxygens (including phenoxy) is 1. The van der Waals surface area contributed by atoms with Crippen LogP contribution in [0, 0.1) is 5.92 Å². The van der Waals surface area contributed by atoms with Crippen LogP contribution < -0.4 is 4.90 Å². The maximum atomic E-state index is 9.27. The van der Waals surface area contributed by atoms with E-state index in [1.807, 2.05) is 6.07 Å². The molecule has 106 valence electrons. The molecule has 1 fully saturated rings. The van der Waals surface area contributed by atoms with Crippen molar-refractivity contribution < 1.29 is 9.84 Å². The normalized spacial score (nSPS) is 16.4. The molecule has 0 aromatic carbocycles. The fraction of sp³-hybridized carbons (Fsp3) is 0.643. The predicted octanol–water partition coefficient (Wildman–Crippen LogP) is 2.48. The van der Waals surface area contributed by atoms with E-state index in [2.05, 4.69) is 16.8 Å². The average Bonchev–Trinajstić information content (AvgIpc) is 3.24. The minimum atomic E-state index is -0.136. The molecule has 2 rings (SSSR count). The van der Waals surface area contributed by atoms with Crippen LogP contribution in [-0.4, -0.2) is 36.4 Å². The van der Waals surface area contributed by atoms with Gasteiger partial charge in [0.15, 0.2) is 0 Å². The maximum Gasteiger partial charge on any atom is 0.129 e. The van der Waals surface area contributed by atoms with Crippen LogP contribution in [0.3, 0.4) is 0 Å². The molecule has 0 spiro atoms. The fourth-order valence-corrected chi connectivity index (χ4v) is 2.46. The number of anilines is 1. The van der Waals surface area contributed by atoms with E-state index >= 15 is 0 Å². The maximum absolute atomic E-state index is 9.27. The third kappa shape index (κ3) is 3.59. The smallest absolute Gasteiger partial charge is 0.129 e. The van der Waals surface area contributed by atoms with Crippen molar-refractivity contribution in [1.29, 1.82) is 0 Å². The van der Waals surface area contributed by atoms with E-state index < -0.39 is 0 Å². The topological polar surface area (TPSA) is 45.6 Å². The summed E-state index contributed by atoms with van der Waals surface area (Å²) < 4.78 is 5.18. The van der Waals surface area contributed by atoms with Crippen LogP contribution in [0.25, 0.3) is 0 Å². The number of rotatable bonds is 7. The fourth-order valence-electron chi connectivity index (χ4n) is 2.29. The van der Waals surface area contributed by atoms with Gasteiger partial charge in [-0.25, -0.2) is 4.98 Å². The molecular weight excluding hydrogens is 264 g/mol. The van der Waals surface area contributed by atoms with E-state index in [9.17, 15) is 5.11 Å². The highest BCUT2D eigenvalue weighted by atomic mass is 35.5. The third-order valence-corrected chi connectivity index (χ3v) is 4.02. The molecule has 4 nitrogen and oxygen atoms in total. The summed E-state index contributed by atoms with van der Waals surface area (Å²) in [6, 6.07) is 4.15. The van der Waals surface area contributed by atoms with Crippen LogP contribution in [-0.2, 0) is 11.3 Å². The van der Waals surface area contributed by atoms with Crippen LogP contribution in [0.5, 0.6) is 0 Å². The number of aromatic nitrogens is 1. The zero-order chi connectivity index (χ0) is 13.8. The Morgan fingerprint density at radius 1 is 1.53 bits per heavy atom. The van der Waals surface area contributed by atoms with Crippen molar-refractivity contribution in [2.24, 2.45) is 5.92 Å². The molecule has 1 atom stereocenters. The Morgan fingerprint density at radius 3 is 2.84 bits per heavy atom. The van der Waals surface area contributed by atoms with Crippen LogP contribution in [0.15, 0.2) is 12.1 Å². The Bertz CT molecular complexity index is 424. The summed E-state index contributed by atoms with van der Waals surface area (Å²) in [5, 5.41) is 9.78. The lowest BCUT2D eigenvalue weighted by atomic mass is 10.1. The number of nitrogens with zero attached hydrogens (tertiary/aromatic N) is 2. The average molecular weight is 285 g/mol. The van der Waals surface area contributed by atoms with Crippen molar-refractivity contribution in [3.63, 3.8) is 0 Å². The van der Waals surface area contributed by atoms with Gasteiger partial charge >= 0.3 is 0 Å². The van der Waals surface area contributed by atoms with Crippen molar-refractivity contribution in [1.82, 2.24) is 4.98 Å². The highest BCUT2D eigenvalue weighted by molar-refractivity contribution is 6.31. The molecule has 0 radical (unpaired) electrons. The van der Waals surface area contributed by atoms with Crippen molar-refractivity contribution in [3.8, 4) is 0 Å². The minimum absolute atomic E-state index is 0.136. The number of pyridine rings is 1. The van der Waals surface area contributed by atoms with Gasteiger partial charge < -0.3 is 14.7 Å². The number of aliphatic hydroxyl groups excluding tert-OH is 1. The number of halogens is 1. The largest absolute Gasteiger partial charge is 0.390 e. The summed E-state index contributed by atoms with van der Waals surface area (Å²) in [6.07, 6.45) is 2.57. The second-order valence-electron chi connectivity index (χ2n) is 5.02. The molecular formula is C14H21ClN2O2. The molecule has 19 heavy (non-hydrogen) atoms. The first-order valence-electron chi connectivity index (χ1n) is 6.69. The van der Waals surface area contributed by atoms with Gasteiger partial charge in [-0.3, -0.25) is 0 Å². The van der Waals surface area contributed by atoms with Crippen molar-refractivity contribution in [2.45, 2.75) is 32.4 Å². The van der Waals surface area contributed by atoms with Gasteiger partial charge in [-0.05, 0) is 37.8 Å². The van der Waals surface area contributed by atoms with Crippen LogP contribution in [0.4, 0.5) is 5.82 Å². The summed E-state index contributed by atoms with van der Waals surface area (Å²) in [7, 11) is 1.70. The molecule has 1 saturated carbocycles. The van der Waals surface area contributed by atoms with Gasteiger partial charge in [0.05, 0.1) is 23.9 Å². The highest BCUT2D eigenvalue weighted by Crippen LogP contribution is 2.36. The number of aliphatic hydroxyl groups is 1. The molecule has 1 unspecified atom stereocenters. The molecule has 0 amide bonds. The molecule has 0 saturated heterocycles. The van der Waals surface area contributed by atoms with E-state index in [1.54, 1.807) is 13.2 Å². The van der Waals surface area contributed by atoms with Gasteiger partial charge in [-0.1, -0.05) is 11.6 Å². The number of hydrogen-bond acceptors (Lipinski definition) is 4. The van der Waals surface area contributed by atoms with Gasteiger partial charge in [-0.2, -0.15) is 0 Å². The summed E-state index contributed by atoms with van der Waals surface area (Å²) in [5.74, 6) is 1.61. The van der Waals surface area contributed by atoms with E-state index in [0.29, 0.717) is 23.4 Å². The van der Waals surface area contributed by atoms with Gasteiger partial charge in [0.25, 0.3) is 0 Å². The SMILES string of the molecule is COCCN(c1ccc(Cl)c(CO)n1)C(C)C1CC1.